The maximum absolute atomic E-state index is 11.6. The minimum absolute atomic E-state index is 0.0219. The topological polar surface area (TPSA) is 58.6 Å². The van der Waals surface area contributed by atoms with E-state index in [1.807, 2.05) is 13.8 Å². The van der Waals surface area contributed by atoms with Crippen molar-refractivity contribution < 1.29 is 14.6 Å². The first-order valence-electron chi connectivity index (χ1n) is 5.59. The zero-order valence-corrected chi connectivity index (χ0v) is 11.3. The Bertz CT molecular complexity index is 200. The minimum Gasteiger partial charge on any atom is -0.392 e. The second kappa shape index (κ2) is 8.84. The fourth-order valence-corrected chi connectivity index (χ4v) is 2.15. The zero-order valence-electron chi connectivity index (χ0n) is 10.5. The number of hydrogen-bond donors (Lipinski definition) is 2. The van der Waals surface area contributed by atoms with Gasteiger partial charge in [-0.1, -0.05) is 6.92 Å². The van der Waals surface area contributed by atoms with Gasteiger partial charge in [0.15, 0.2) is 0 Å². The highest BCUT2D eigenvalue weighted by atomic mass is 32.2. The molecule has 0 aliphatic heterocycles. The highest BCUT2D eigenvalue weighted by Crippen LogP contribution is 2.20. The van der Waals surface area contributed by atoms with Gasteiger partial charge in [-0.15, -0.1) is 11.8 Å². The van der Waals surface area contributed by atoms with E-state index in [0.717, 1.165) is 6.42 Å². The number of ether oxygens (including phenoxy) is 1. The quantitative estimate of drug-likeness (QED) is 0.631. The van der Waals surface area contributed by atoms with Crippen LogP contribution in [0.25, 0.3) is 0 Å². The van der Waals surface area contributed by atoms with E-state index in [2.05, 4.69) is 5.32 Å². The van der Waals surface area contributed by atoms with Crippen molar-refractivity contribution >= 4 is 17.7 Å². The van der Waals surface area contributed by atoms with Gasteiger partial charge in [0.25, 0.3) is 0 Å². The Balaban J connectivity index is 3.73. The number of thioether (sulfide) groups is 1. The monoisotopic (exact) mass is 249 g/mol. The van der Waals surface area contributed by atoms with Crippen molar-refractivity contribution in [3.8, 4) is 0 Å². The van der Waals surface area contributed by atoms with E-state index in [-0.39, 0.29) is 16.4 Å². The molecule has 0 aromatic rings. The van der Waals surface area contributed by atoms with Crippen molar-refractivity contribution in [2.24, 2.45) is 0 Å². The molecule has 0 fully saturated rings. The fourth-order valence-electron chi connectivity index (χ4n) is 1.07. The lowest BCUT2D eigenvalue weighted by Crippen LogP contribution is -2.34. The van der Waals surface area contributed by atoms with E-state index < -0.39 is 6.10 Å². The number of amides is 1. The third-order valence-electron chi connectivity index (χ3n) is 2.29. The Kier molecular flexibility index (Phi) is 8.70. The maximum Gasteiger partial charge on any atom is 0.232 e. The van der Waals surface area contributed by atoms with Crippen molar-refractivity contribution in [2.75, 3.05) is 20.3 Å². The van der Waals surface area contributed by atoms with Gasteiger partial charge in [-0.2, -0.15) is 0 Å². The van der Waals surface area contributed by atoms with Crippen molar-refractivity contribution in [2.45, 2.75) is 43.8 Å². The summed E-state index contributed by atoms with van der Waals surface area (Å²) in [5, 5.41) is 12.1. The van der Waals surface area contributed by atoms with Gasteiger partial charge in [0, 0.05) is 25.5 Å². The number of aliphatic hydroxyl groups excluding tert-OH is 1. The summed E-state index contributed by atoms with van der Waals surface area (Å²) >= 11 is 1.49. The van der Waals surface area contributed by atoms with Gasteiger partial charge in [-0.05, 0) is 20.3 Å². The molecule has 0 radical (unpaired) electrons. The summed E-state index contributed by atoms with van der Waals surface area (Å²) in [5.41, 5.74) is 0. The van der Waals surface area contributed by atoms with Crippen LogP contribution >= 0.6 is 11.8 Å². The zero-order chi connectivity index (χ0) is 12.6. The lowest BCUT2D eigenvalue weighted by molar-refractivity contribution is -0.120. The van der Waals surface area contributed by atoms with Crippen LogP contribution in [-0.2, 0) is 9.53 Å². The van der Waals surface area contributed by atoms with Gasteiger partial charge in [0.05, 0.1) is 11.4 Å². The average molecular weight is 249 g/mol. The highest BCUT2D eigenvalue weighted by Gasteiger charge is 2.18. The van der Waals surface area contributed by atoms with E-state index >= 15 is 0 Å². The SMILES string of the molecule is COCCCNC(=O)C(C)SC(C)C(C)O. The number of aliphatic hydroxyl groups is 1. The van der Waals surface area contributed by atoms with E-state index in [1.165, 1.54) is 11.8 Å². The normalized spacial score (nSPS) is 16.6. The third kappa shape index (κ3) is 7.09. The molecule has 0 rings (SSSR count). The van der Waals surface area contributed by atoms with E-state index in [0.29, 0.717) is 13.2 Å². The van der Waals surface area contributed by atoms with Crippen LogP contribution in [-0.4, -0.2) is 47.9 Å². The van der Waals surface area contributed by atoms with Gasteiger partial charge in [0.2, 0.25) is 5.91 Å². The van der Waals surface area contributed by atoms with E-state index in [9.17, 15) is 9.90 Å². The Hall–Kier alpha value is -0.260. The molecule has 4 nitrogen and oxygen atoms in total. The largest absolute Gasteiger partial charge is 0.392 e. The summed E-state index contributed by atoms with van der Waals surface area (Å²) in [6.07, 6.45) is 0.430. The molecule has 0 heterocycles. The Labute approximate surface area is 102 Å². The Morgan fingerprint density at radius 3 is 2.56 bits per heavy atom. The van der Waals surface area contributed by atoms with E-state index in [4.69, 9.17) is 4.74 Å². The smallest absolute Gasteiger partial charge is 0.232 e. The van der Waals surface area contributed by atoms with Crippen molar-refractivity contribution in [1.82, 2.24) is 5.32 Å². The lowest BCUT2D eigenvalue weighted by atomic mass is 10.3. The number of carbonyl (C=O) groups excluding carboxylic acids is 1. The summed E-state index contributed by atoms with van der Waals surface area (Å²) in [7, 11) is 1.64. The first-order chi connectivity index (χ1) is 7.49. The fraction of sp³-hybridized carbons (Fsp3) is 0.909. The van der Waals surface area contributed by atoms with Crippen molar-refractivity contribution in [3.63, 3.8) is 0 Å². The molecule has 0 aromatic heterocycles. The molecule has 16 heavy (non-hydrogen) atoms. The van der Waals surface area contributed by atoms with Gasteiger partial charge in [0.1, 0.15) is 0 Å². The van der Waals surface area contributed by atoms with Crippen LogP contribution in [0, 0.1) is 0 Å². The standard InChI is InChI=1S/C11H23NO3S/c1-8(13)9(2)16-10(3)11(14)12-6-5-7-15-4/h8-10,13H,5-7H2,1-4H3,(H,12,14). The van der Waals surface area contributed by atoms with Crippen LogP contribution in [0.15, 0.2) is 0 Å². The van der Waals surface area contributed by atoms with Crippen molar-refractivity contribution in [3.05, 3.63) is 0 Å². The molecule has 0 aliphatic rings. The molecular weight excluding hydrogens is 226 g/mol. The molecule has 2 N–H and O–H groups in total. The second-order valence-electron chi connectivity index (χ2n) is 3.86. The maximum atomic E-state index is 11.6. The molecule has 0 saturated carbocycles. The first-order valence-corrected chi connectivity index (χ1v) is 6.53. The van der Waals surface area contributed by atoms with Gasteiger partial charge in [-0.25, -0.2) is 0 Å². The lowest BCUT2D eigenvalue weighted by Gasteiger charge is -2.18. The molecule has 1 amide bonds. The molecule has 0 bridgehead atoms. The molecule has 0 saturated heterocycles. The number of carbonyl (C=O) groups is 1. The number of methoxy groups -OCH3 is 1. The molecule has 0 spiro atoms. The van der Waals surface area contributed by atoms with Crippen LogP contribution in [0.2, 0.25) is 0 Å². The van der Waals surface area contributed by atoms with E-state index in [1.54, 1.807) is 14.0 Å². The van der Waals surface area contributed by atoms with Gasteiger partial charge >= 0.3 is 0 Å². The predicted octanol–water partition coefficient (Wildman–Crippen LogP) is 1.03. The molecule has 0 aliphatic carbocycles. The summed E-state index contributed by atoms with van der Waals surface area (Å²) in [4.78, 5) is 11.6. The van der Waals surface area contributed by atoms with Crippen LogP contribution in [0.5, 0.6) is 0 Å². The summed E-state index contributed by atoms with van der Waals surface area (Å²) in [6.45, 7) is 6.81. The minimum atomic E-state index is -0.395. The average Bonchev–Trinajstić information content (AvgIpc) is 2.23. The second-order valence-corrected chi connectivity index (χ2v) is 5.58. The highest BCUT2D eigenvalue weighted by molar-refractivity contribution is 8.01. The molecule has 96 valence electrons. The van der Waals surface area contributed by atoms with Crippen LogP contribution in [0.4, 0.5) is 0 Å². The first kappa shape index (κ1) is 15.7. The van der Waals surface area contributed by atoms with Gasteiger partial charge < -0.3 is 15.2 Å². The number of nitrogens with one attached hydrogen (secondary N) is 1. The number of hydrogen-bond acceptors (Lipinski definition) is 4. The van der Waals surface area contributed by atoms with Crippen LogP contribution in [0.1, 0.15) is 27.2 Å². The van der Waals surface area contributed by atoms with Crippen molar-refractivity contribution in [1.29, 1.82) is 0 Å². The van der Waals surface area contributed by atoms with Crippen LogP contribution < -0.4 is 5.32 Å². The van der Waals surface area contributed by atoms with Gasteiger partial charge in [-0.3, -0.25) is 4.79 Å². The number of rotatable bonds is 8. The Morgan fingerprint density at radius 2 is 2.06 bits per heavy atom. The third-order valence-corrected chi connectivity index (χ3v) is 3.74. The summed E-state index contributed by atoms with van der Waals surface area (Å²) in [5.74, 6) is 0.0219. The molecule has 3 unspecified atom stereocenters. The summed E-state index contributed by atoms with van der Waals surface area (Å²) in [6, 6.07) is 0. The molecule has 3 atom stereocenters. The molecule has 5 heteroatoms. The molecular formula is C11H23NO3S. The molecule has 0 aromatic carbocycles. The summed E-state index contributed by atoms with van der Waals surface area (Å²) < 4.78 is 4.89. The van der Waals surface area contributed by atoms with Crippen LogP contribution in [0.3, 0.4) is 0 Å². The predicted molar refractivity (Wildman–Crippen MR) is 67.7 cm³/mol. The Morgan fingerprint density at radius 1 is 1.44 bits per heavy atom.